The van der Waals surface area contributed by atoms with E-state index in [2.05, 4.69) is 17.4 Å². The Hall–Kier alpha value is -1.03. The van der Waals surface area contributed by atoms with Crippen molar-refractivity contribution >= 4 is 0 Å². The highest BCUT2D eigenvalue weighted by Gasteiger charge is 2.41. The van der Waals surface area contributed by atoms with Crippen LogP contribution in [0.5, 0.6) is 0 Å². The lowest BCUT2D eigenvalue weighted by atomic mass is 9.85. The first-order valence-corrected chi connectivity index (χ1v) is 7.22. The summed E-state index contributed by atoms with van der Waals surface area (Å²) in [4.78, 5) is 0. The van der Waals surface area contributed by atoms with Crippen LogP contribution in [0, 0.1) is 19.8 Å². The maximum absolute atomic E-state index is 12.8. The number of nitrogens with one attached hydrogen (secondary N) is 1. The van der Waals surface area contributed by atoms with Crippen molar-refractivity contribution in [3.8, 4) is 0 Å². The second-order valence-electron chi connectivity index (χ2n) is 5.91. The molecule has 0 saturated heterocycles. The second-order valence-corrected chi connectivity index (χ2v) is 5.91. The van der Waals surface area contributed by atoms with Crippen LogP contribution in [-0.2, 0) is 6.54 Å². The molecule has 1 fully saturated rings. The zero-order valence-corrected chi connectivity index (χ0v) is 12.1. The third-order valence-corrected chi connectivity index (χ3v) is 4.22. The van der Waals surface area contributed by atoms with E-state index < -0.39 is 12.1 Å². The van der Waals surface area contributed by atoms with Gasteiger partial charge in [0.1, 0.15) is 0 Å². The molecule has 112 valence electrons. The van der Waals surface area contributed by atoms with Crippen molar-refractivity contribution in [3.05, 3.63) is 34.9 Å². The second kappa shape index (κ2) is 6.17. The van der Waals surface area contributed by atoms with Crippen LogP contribution in [0.25, 0.3) is 0 Å². The summed E-state index contributed by atoms with van der Waals surface area (Å²) in [5.74, 6) is -1.13. The average Bonchev–Trinajstić information content (AvgIpc) is 2.37. The van der Waals surface area contributed by atoms with Crippen LogP contribution in [0.2, 0.25) is 0 Å². The number of halogens is 3. The smallest absolute Gasteiger partial charge is 0.310 e. The number of aryl methyl sites for hydroxylation is 2. The molecule has 2 atom stereocenters. The first kappa shape index (κ1) is 15.4. The predicted molar refractivity (Wildman–Crippen MR) is 74.6 cm³/mol. The maximum Gasteiger partial charge on any atom is 0.391 e. The first-order valence-electron chi connectivity index (χ1n) is 7.22. The van der Waals surface area contributed by atoms with Gasteiger partial charge in [0.05, 0.1) is 5.92 Å². The average molecular weight is 285 g/mol. The van der Waals surface area contributed by atoms with Crippen LogP contribution >= 0.6 is 0 Å². The van der Waals surface area contributed by atoms with Crippen molar-refractivity contribution in [3.63, 3.8) is 0 Å². The van der Waals surface area contributed by atoms with E-state index in [9.17, 15) is 13.2 Å². The molecule has 0 spiro atoms. The van der Waals surface area contributed by atoms with Gasteiger partial charge in [0.2, 0.25) is 0 Å². The fraction of sp³-hybridized carbons (Fsp3) is 0.625. The van der Waals surface area contributed by atoms with Crippen LogP contribution in [0.4, 0.5) is 13.2 Å². The van der Waals surface area contributed by atoms with Crippen LogP contribution in [0.1, 0.15) is 42.4 Å². The summed E-state index contributed by atoms with van der Waals surface area (Å²) in [6, 6.07) is 6.19. The summed E-state index contributed by atoms with van der Waals surface area (Å²) >= 11 is 0. The van der Waals surface area contributed by atoms with E-state index in [1.807, 2.05) is 19.9 Å². The topological polar surface area (TPSA) is 12.0 Å². The fourth-order valence-corrected chi connectivity index (χ4v) is 2.97. The maximum atomic E-state index is 12.8. The molecule has 1 N–H and O–H groups in total. The Morgan fingerprint density at radius 3 is 2.60 bits per heavy atom. The van der Waals surface area contributed by atoms with Crippen molar-refractivity contribution < 1.29 is 13.2 Å². The van der Waals surface area contributed by atoms with Gasteiger partial charge in [-0.2, -0.15) is 13.2 Å². The summed E-state index contributed by atoms with van der Waals surface area (Å²) in [7, 11) is 0. The molecule has 20 heavy (non-hydrogen) atoms. The summed E-state index contributed by atoms with van der Waals surface area (Å²) in [5, 5.41) is 3.30. The Morgan fingerprint density at radius 1 is 1.20 bits per heavy atom. The van der Waals surface area contributed by atoms with Crippen molar-refractivity contribution in [1.82, 2.24) is 5.32 Å². The number of hydrogen-bond donors (Lipinski definition) is 1. The van der Waals surface area contributed by atoms with Crippen LogP contribution in [0.3, 0.4) is 0 Å². The van der Waals surface area contributed by atoms with Gasteiger partial charge in [-0.15, -0.1) is 0 Å². The zero-order chi connectivity index (χ0) is 14.8. The Balaban J connectivity index is 1.90. The first-order chi connectivity index (χ1) is 9.36. The quantitative estimate of drug-likeness (QED) is 0.861. The molecule has 1 nitrogen and oxygen atoms in total. The lowest BCUT2D eigenvalue weighted by molar-refractivity contribution is -0.183. The summed E-state index contributed by atoms with van der Waals surface area (Å²) in [6.07, 6.45) is -2.04. The van der Waals surface area contributed by atoms with Crippen molar-refractivity contribution in [1.29, 1.82) is 0 Å². The molecule has 1 saturated carbocycles. The molecule has 2 rings (SSSR count). The number of benzene rings is 1. The Labute approximate surface area is 118 Å². The van der Waals surface area contributed by atoms with E-state index in [4.69, 9.17) is 0 Å². The lowest BCUT2D eigenvalue weighted by Gasteiger charge is -2.31. The van der Waals surface area contributed by atoms with Crippen molar-refractivity contribution in [2.45, 2.75) is 58.3 Å². The van der Waals surface area contributed by atoms with Gasteiger partial charge >= 0.3 is 6.18 Å². The van der Waals surface area contributed by atoms with Gasteiger partial charge < -0.3 is 5.32 Å². The molecular formula is C16H22F3N. The van der Waals surface area contributed by atoms with Crippen LogP contribution in [0.15, 0.2) is 18.2 Å². The normalized spacial score (nSPS) is 23.9. The SMILES string of the molecule is Cc1ccc(CNC2CCCC(C(F)(F)F)C2)c(C)c1. The predicted octanol–water partition coefficient (Wildman–Crippen LogP) is 4.51. The van der Waals surface area contributed by atoms with E-state index in [1.165, 1.54) is 16.7 Å². The van der Waals surface area contributed by atoms with Gasteiger partial charge in [-0.05, 0) is 44.2 Å². The molecule has 0 amide bonds. The molecule has 1 aromatic carbocycles. The van der Waals surface area contributed by atoms with E-state index in [0.29, 0.717) is 13.0 Å². The molecular weight excluding hydrogens is 263 g/mol. The molecule has 2 unspecified atom stereocenters. The number of rotatable bonds is 3. The molecule has 0 aromatic heterocycles. The molecule has 0 aliphatic heterocycles. The van der Waals surface area contributed by atoms with Gasteiger partial charge in [0.15, 0.2) is 0 Å². The highest BCUT2D eigenvalue weighted by Crippen LogP contribution is 2.37. The third-order valence-electron chi connectivity index (χ3n) is 4.22. The third kappa shape index (κ3) is 3.98. The van der Waals surface area contributed by atoms with Crippen LogP contribution in [-0.4, -0.2) is 12.2 Å². The van der Waals surface area contributed by atoms with Gasteiger partial charge in [0.25, 0.3) is 0 Å². The highest BCUT2D eigenvalue weighted by atomic mass is 19.4. The fourth-order valence-electron chi connectivity index (χ4n) is 2.97. The lowest BCUT2D eigenvalue weighted by Crippen LogP contribution is -2.38. The van der Waals surface area contributed by atoms with Crippen molar-refractivity contribution in [2.24, 2.45) is 5.92 Å². The molecule has 4 heteroatoms. The largest absolute Gasteiger partial charge is 0.391 e. The minimum absolute atomic E-state index is 0.0175. The van der Waals surface area contributed by atoms with E-state index in [0.717, 1.165) is 6.42 Å². The molecule has 1 aliphatic carbocycles. The molecule has 1 aromatic rings. The minimum Gasteiger partial charge on any atom is -0.310 e. The van der Waals surface area contributed by atoms with Gasteiger partial charge in [0, 0.05) is 12.6 Å². The molecule has 1 aliphatic rings. The van der Waals surface area contributed by atoms with E-state index >= 15 is 0 Å². The number of hydrogen-bond acceptors (Lipinski definition) is 1. The minimum atomic E-state index is -4.04. The van der Waals surface area contributed by atoms with Gasteiger partial charge in [-0.25, -0.2) is 0 Å². The van der Waals surface area contributed by atoms with Gasteiger partial charge in [-0.3, -0.25) is 0 Å². The highest BCUT2D eigenvalue weighted by molar-refractivity contribution is 5.30. The standard InChI is InChI=1S/C16H22F3N/c1-11-6-7-13(12(2)8-11)10-20-15-5-3-4-14(9-15)16(17,18)19/h6-8,14-15,20H,3-5,9-10H2,1-2H3. The van der Waals surface area contributed by atoms with E-state index in [1.54, 1.807) is 0 Å². The summed E-state index contributed by atoms with van der Waals surface area (Å²) < 4.78 is 38.3. The molecule has 0 bridgehead atoms. The van der Waals surface area contributed by atoms with Gasteiger partial charge in [-0.1, -0.05) is 30.2 Å². The summed E-state index contributed by atoms with van der Waals surface area (Å²) in [6.45, 7) is 4.74. The van der Waals surface area contributed by atoms with E-state index in [-0.39, 0.29) is 18.9 Å². The van der Waals surface area contributed by atoms with Crippen LogP contribution < -0.4 is 5.32 Å². The Morgan fingerprint density at radius 2 is 1.95 bits per heavy atom. The zero-order valence-electron chi connectivity index (χ0n) is 12.1. The Kier molecular flexibility index (Phi) is 4.74. The Bertz CT molecular complexity index is 454. The van der Waals surface area contributed by atoms with Crippen molar-refractivity contribution in [2.75, 3.05) is 0 Å². The monoisotopic (exact) mass is 285 g/mol. The molecule has 0 heterocycles. The number of alkyl halides is 3. The summed E-state index contributed by atoms with van der Waals surface area (Å²) in [5.41, 5.74) is 3.58. The molecule has 0 radical (unpaired) electrons.